The molecule has 180 valence electrons. The summed E-state index contributed by atoms with van der Waals surface area (Å²) in [5, 5.41) is 9.80. The minimum absolute atomic E-state index is 0.0108. The van der Waals surface area contributed by atoms with Gasteiger partial charge in [-0.1, -0.05) is 30.1 Å². The van der Waals surface area contributed by atoms with Crippen LogP contribution in [0.15, 0.2) is 41.6 Å². The first kappa shape index (κ1) is 24.6. The summed E-state index contributed by atoms with van der Waals surface area (Å²) in [5.41, 5.74) is 0.960. The van der Waals surface area contributed by atoms with Crippen LogP contribution in [0.25, 0.3) is 10.9 Å². The molecule has 8 nitrogen and oxygen atoms in total. The summed E-state index contributed by atoms with van der Waals surface area (Å²) < 4.78 is 31.4. The predicted octanol–water partition coefficient (Wildman–Crippen LogP) is 4.14. The number of amides is 1. The smallest absolute Gasteiger partial charge is 0.243 e. The Balaban J connectivity index is 1.66. The number of aromatic amines is 1. The average Bonchev–Trinajstić information content (AvgIpc) is 3.42. The third-order valence-corrected chi connectivity index (χ3v) is 8.55. The molecule has 0 radical (unpaired) electrons. The minimum atomic E-state index is -4.22. The van der Waals surface area contributed by atoms with Crippen molar-refractivity contribution in [1.29, 1.82) is 5.26 Å². The Kier molecular flexibility index (Phi) is 7.24. The zero-order valence-electron chi connectivity index (χ0n) is 18.6. The van der Waals surface area contributed by atoms with E-state index in [0.717, 1.165) is 12.8 Å². The Hall–Kier alpha value is -2.51. The Bertz CT molecular complexity index is 1350. The van der Waals surface area contributed by atoms with Gasteiger partial charge in [0.2, 0.25) is 15.9 Å². The van der Waals surface area contributed by atoms with Gasteiger partial charge in [-0.25, -0.2) is 8.42 Å². The number of piperidine rings is 1. The first-order valence-corrected chi connectivity index (χ1v) is 13.3. The number of aromatic nitrogens is 2. The van der Waals surface area contributed by atoms with Gasteiger partial charge in [0, 0.05) is 42.9 Å². The normalized spacial score (nSPS) is 16.0. The molecule has 1 amide bonds. The topological polar surface area (TPSA) is 111 Å². The third-order valence-electron chi connectivity index (χ3n) is 6.27. The fourth-order valence-corrected chi connectivity index (χ4v) is 6.59. The number of likely N-dealkylation sites (tertiary alicyclic amines) is 1. The van der Waals surface area contributed by atoms with Gasteiger partial charge in [0.25, 0.3) is 0 Å². The van der Waals surface area contributed by atoms with Crippen molar-refractivity contribution in [2.75, 3.05) is 13.1 Å². The lowest BCUT2D eigenvalue weighted by atomic mass is 9.98. The standard InChI is InChI=1S/C23H25Cl2N5O3S/c1-15-6-10-30(11-7-15)23(31)20(8-12-29-9-2-3-16(29)13-26)28-34(32,33)22-17(24)4-5-19-21(22)18(25)14-27-19/h2-5,9,14-15,20,27-28H,6-8,10-12H2,1H3. The molecular weight excluding hydrogens is 497 g/mol. The number of carbonyl (C=O) groups excluding carboxylic acids is 1. The number of halogens is 2. The van der Waals surface area contributed by atoms with Crippen molar-refractivity contribution in [1.82, 2.24) is 19.2 Å². The van der Waals surface area contributed by atoms with Gasteiger partial charge < -0.3 is 14.5 Å². The van der Waals surface area contributed by atoms with Gasteiger partial charge >= 0.3 is 0 Å². The number of fused-ring (bicyclic) bond motifs is 1. The summed E-state index contributed by atoms with van der Waals surface area (Å²) in [6.07, 6.45) is 5.13. The fourth-order valence-electron chi connectivity index (χ4n) is 4.30. The molecule has 4 rings (SSSR count). The van der Waals surface area contributed by atoms with Crippen molar-refractivity contribution in [3.05, 3.63) is 52.4 Å². The second-order valence-corrected chi connectivity index (χ2v) is 11.1. The Morgan fingerprint density at radius 3 is 2.71 bits per heavy atom. The predicted molar refractivity (Wildman–Crippen MR) is 131 cm³/mol. The van der Waals surface area contributed by atoms with Gasteiger partial charge in [-0.15, -0.1) is 0 Å². The molecule has 0 saturated carbocycles. The molecule has 11 heteroatoms. The van der Waals surface area contributed by atoms with Crippen LogP contribution >= 0.6 is 23.2 Å². The van der Waals surface area contributed by atoms with Gasteiger partial charge in [0.05, 0.1) is 10.0 Å². The van der Waals surface area contributed by atoms with E-state index in [-0.39, 0.29) is 32.7 Å². The Morgan fingerprint density at radius 1 is 1.26 bits per heavy atom. The highest BCUT2D eigenvalue weighted by molar-refractivity contribution is 7.90. The number of carbonyl (C=O) groups is 1. The molecule has 1 aliphatic rings. The molecule has 0 aliphatic carbocycles. The largest absolute Gasteiger partial charge is 0.360 e. The van der Waals surface area contributed by atoms with Crippen LogP contribution in [0.5, 0.6) is 0 Å². The number of hydrogen-bond donors (Lipinski definition) is 2. The summed E-state index contributed by atoms with van der Waals surface area (Å²) >= 11 is 12.6. The molecule has 1 saturated heterocycles. The number of benzene rings is 1. The van der Waals surface area contributed by atoms with Gasteiger partial charge in [-0.05, 0) is 49.4 Å². The van der Waals surface area contributed by atoms with Crippen LogP contribution in [0, 0.1) is 17.2 Å². The van der Waals surface area contributed by atoms with E-state index in [4.69, 9.17) is 23.2 Å². The van der Waals surface area contributed by atoms with Crippen molar-refractivity contribution in [3.8, 4) is 6.07 Å². The summed E-state index contributed by atoms with van der Waals surface area (Å²) in [5.74, 6) is 0.231. The van der Waals surface area contributed by atoms with Crippen molar-refractivity contribution in [2.45, 2.75) is 43.7 Å². The van der Waals surface area contributed by atoms with Gasteiger partial charge in [0.1, 0.15) is 22.7 Å². The fraction of sp³-hybridized carbons (Fsp3) is 0.391. The van der Waals surface area contributed by atoms with Gasteiger partial charge in [-0.3, -0.25) is 4.79 Å². The molecule has 3 heterocycles. The number of hydrogen-bond acceptors (Lipinski definition) is 4. The first-order valence-electron chi connectivity index (χ1n) is 11.0. The summed E-state index contributed by atoms with van der Waals surface area (Å²) in [7, 11) is -4.22. The Labute approximate surface area is 208 Å². The molecular formula is C23H25Cl2N5O3S. The highest BCUT2D eigenvalue weighted by Crippen LogP contribution is 2.35. The molecule has 34 heavy (non-hydrogen) atoms. The number of H-pyrrole nitrogens is 1. The quantitative estimate of drug-likeness (QED) is 0.486. The number of sulfonamides is 1. The maximum absolute atomic E-state index is 13.6. The summed E-state index contributed by atoms with van der Waals surface area (Å²) in [4.78, 5) is 17.9. The SMILES string of the molecule is CC1CCN(C(=O)C(CCn2cccc2C#N)NS(=O)(=O)c2c(Cl)ccc3[nH]cc(Cl)c23)CC1. The molecule has 3 aromatic rings. The van der Waals surface area contributed by atoms with E-state index in [1.807, 2.05) is 0 Å². The second-order valence-electron chi connectivity index (χ2n) is 8.60. The van der Waals surface area contributed by atoms with E-state index in [9.17, 15) is 18.5 Å². The van der Waals surface area contributed by atoms with Crippen LogP contribution < -0.4 is 4.72 Å². The molecule has 2 aromatic heterocycles. The zero-order valence-corrected chi connectivity index (χ0v) is 20.9. The monoisotopic (exact) mass is 521 g/mol. The van der Waals surface area contributed by atoms with Gasteiger partial charge in [0.15, 0.2) is 0 Å². The molecule has 2 N–H and O–H groups in total. The molecule has 1 aliphatic heterocycles. The molecule has 1 fully saturated rings. The minimum Gasteiger partial charge on any atom is -0.360 e. The molecule has 0 spiro atoms. The lowest BCUT2D eigenvalue weighted by Gasteiger charge is -2.33. The van der Waals surface area contributed by atoms with Crippen molar-refractivity contribution in [3.63, 3.8) is 0 Å². The molecule has 0 bridgehead atoms. The van der Waals surface area contributed by atoms with Crippen LogP contribution in [0.3, 0.4) is 0 Å². The highest BCUT2D eigenvalue weighted by Gasteiger charge is 2.33. The van der Waals surface area contributed by atoms with E-state index in [1.165, 1.54) is 12.3 Å². The van der Waals surface area contributed by atoms with Crippen molar-refractivity contribution >= 4 is 50.0 Å². The molecule has 1 unspecified atom stereocenters. The van der Waals surface area contributed by atoms with E-state index >= 15 is 0 Å². The van der Waals surface area contributed by atoms with Crippen LogP contribution in [-0.4, -0.2) is 47.9 Å². The average molecular weight is 522 g/mol. The Morgan fingerprint density at radius 2 is 2.00 bits per heavy atom. The first-order chi connectivity index (χ1) is 16.2. The van der Waals surface area contributed by atoms with Crippen molar-refractivity contribution in [2.24, 2.45) is 5.92 Å². The lowest BCUT2D eigenvalue weighted by Crippen LogP contribution is -2.51. The summed E-state index contributed by atoms with van der Waals surface area (Å²) in [6, 6.07) is 7.60. The molecule has 1 aromatic carbocycles. The van der Waals surface area contributed by atoms with Crippen LogP contribution in [0.1, 0.15) is 31.9 Å². The lowest BCUT2D eigenvalue weighted by molar-refractivity contribution is -0.134. The molecule has 1 atom stereocenters. The number of aryl methyl sites for hydroxylation is 1. The number of nitrogens with zero attached hydrogens (tertiary/aromatic N) is 3. The maximum atomic E-state index is 13.6. The number of rotatable bonds is 7. The van der Waals surface area contributed by atoms with Crippen LogP contribution in [0.2, 0.25) is 10.0 Å². The second kappa shape index (κ2) is 10.0. The zero-order chi connectivity index (χ0) is 24.5. The summed E-state index contributed by atoms with van der Waals surface area (Å²) in [6.45, 7) is 3.58. The number of nitrogens with one attached hydrogen (secondary N) is 2. The van der Waals surface area contributed by atoms with Gasteiger partial charge in [-0.2, -0.15) is 9.98 Å². The third kappa shape index (κ3) is 4.96. The van der Waals surface area contributed by atoms with E-state index in [0.29, 0.717) is 36.8 Å². The van der Waals surface area contributed by atoms with Crippen LogP contribution in [0.4, 0.5) is 0 Å². The van der Waals surface area contributed by atoms with E-state index in [1.54, 1.807) is 33.9 Å². The maximum Gasteiger partial charge on any atom is 0.243 e. The van der Waals surface area contributed by atoms with E-state index in [2.05, 4.69) is 22.7 Å². The number of nitriles is 1. The van der Waals surface area contributed by atoms with E-state index < -0.39 is 16.1 Å². The highest BCUT2D eigenvalue weighted by atomic mass is 35.5. The van der Waals surface area contributed by atoms with Crippen molar-refractivity contribution < 1.29 is 13.2 Å². The van der Waals surface area contributed by atoms with Crippen LogP contribution in [-0.2, 0) is 21.4 Å².